The van der Waals surface area contributed by atoms with Gasteiger partial charge in [0, 0.05) is 16.3 Å². The molecule has 0 fully saturated rings. The first-order valence-electron chi connectivity index (χ1n) is 9.13. The average Bonchev–Trinajstić information content (AvgIpc) is 2.59. The van der Waals surface area contributed by atoms with Crippen LogP contribution in [-0.4, -0.2) is 5.60 Å². The van der Waals surface area contributed by atoms with Crippen LogP contribution in [0.1, 0.15) is 66.0 Å². The molecule has 0 aromatic heterocycles. The highest BCUT2D eigenvalue weighted by Gasteiger charge is 2.41. The summed E-state index contributed by atoms with van der Waals surface area (Å²) in [5, 5.41) is 0. The predicted molar refractivity (Wildman–Crippen MR) is 109 cm³/mol. The van der Waals surface area contributed by atoms with E-state index >= 15 is 0 Å². The fraction of sp³-hybridized carbons (Fsp3) is 0.250. The summed E-state index contributed by atoms with van der Waals surface area (Å²) < 4.78 is 7.31. The quantitative estimate of drug-likeness (QED) is 0.305. The number of benzene rings is 3. The smallest absolute Gasteiger partial charge is 0.120 e. The molecule has 0 aliphatic heterocycles. The summed E-state index contributed by atoms with van der Waals surface area (Å²) >= 11 is 3.67. The van der Waals surface area contributed by atoms with Crippen LogP contribution < -0.4 is 4.74 Å². The van der Waals surface area contributed by atoms with E-state index < -0.39 is 0 Å². The van der Waals surface area contributed by atoms with E-state index in [1.54, 1.807) is 0 Å². The molecule has 2 heteroatoms. The number of halogens is 1. The Morgan fingerprint density at radius 3 is 1.85 bits per heavy atom. The Bertz CT molecular complexity index is 1030. The summed E-state index contributed by atoms with van der Waals surface area (Å²) in [6.45, 7) is 6.29. The van der Waals surface area contributed by atoms with E-state index in [2.05, 4.69) is 97.4 Å². The molecule has 3 aromatic carbocycles. The maximum Gasteiger partial charge on any atom is 0.120 e. The maximum atomic E-state index is 6.16. The maximum absolute atomic E-state index is 6.16. The molecule has 3 aromatic rings. The molecule has 0 heterocycles. The van der Waals surface area contributed by atoms with E-state index in [-0.39, 0.29) is 11.5 Å². The topological polar surface area (TPSA) is 9.23 Å². The highest BCUT2D eigenvalue weighted by atomic mass is 79.9. The summed E-state index contributed by atoms with van der Waals surface area (Å²) in [7, 11) is 0. The van der Waals surface area contributed by atoms with Crippen molar-refractivity contribution in [2.24, 2.45) is 0 Å². The molecule has 0 saturated heterocycles. The number of rotatable bonds is 1. The van der Waals surface area contributed by atoms with Crippen molar-refractivity contribution in [1.82, 2.24) is 0 Å². The van der Waals surface area contributed by atoms with Gasteiger partial charge in [-0.05, 0) is 78.4 Å². The Kier molecular flexibility index (Phi) is 3.39. The molecular weight excluding hydrogens is 384 g/mol. The summed E-state index contributed by atoms with van der Waals surface area (Å²) in [5.74, 6) is 1.56. The van der Waals surface area contributed by atoms with Crippen molar-refractivity contribution in [3.05, 3.63) is 98.5 Å². The minimum Gasteiger partial charge on any atom is -0.488 e. The van der Waals surface area contributed by atoms with Gasteiger partial charge in [-0.3, -0.25) is 0 Å². The summed E-state index contributed by atoms with van der Waals surface area (Å²) in [5.41, 5.74) is 8.36. The largest absolute Gasteiger partial charge is 0.488 e. The van der Waals surface area contributed by atoms with Crippen molar-refractivity contribution in [2.75, 3.05) is 0 Å². The predicted octanol–water partition coefficient (Wildman–Crippen LogP) is 6.61. The number of hydrogen-bond donors (Lipinski definition) is 0. The van der Waals surface area contributed by atoms with Crippen LogP contribution in [0.15, 0.2) is 65.1 Å². The van der Waals surface area contributed by atoms with Gasteiger partial charge >= 0.3 is 0 Å². The van der Waals surface area contributed by atoms with Crippen molar-refractivity contribution in [1.29, 1.82) is 0 Å². The van der Waals surface area contributed by atoms with E-state index in [9.17, 15) is 0 Å². The minimum absolute atomic E-state index is 0.192. The molecule has 26 heavy (non-hydrogen) atoms. The van der Waals surface area contributed by atoms with Crippen molar-refractivity contribution in [3.63, 3.8) is 0 Å². The van der Waals surface area contributed by atoms with E-state index in [4.69, 9.17) is 4.74 Å². The third-order valence-electron chi connectivity index (χ3n) is 5.39. The number of hydrogen-bond acceptors (Lipinski definition) is 1. The lowest BCUT2D eigenvalue weighted by atomic mass is 9.61. The van der Waals surface area contributed by atoms with Gasteiger partial charge in [0.2, 0.25) is 0 Å². The van der Waals surface area contributed by atoms with Gasteiger partial charge in [-0.15, -0.1) is 0 Å². The third-order valence-corrected chi connectivity index (χ3v) is 5.89. The lowest BCUT2D eigenvalue weighted by Crippen LogP contribution is -2.28. The van der Waals surface area contributed by atoms with Crippen LogP contribution in [0.5, 0.6) is 5.75 Å². The van der Waals surface area contributed by atoms with Gasteiger partial charge in [-0.1, -0.05) is 52.3 Å². The summed E-state index contributed by atoms with van der Waals surface area (Å²) in [6.07, 6.45) is 0. The van der Waals surface area contributed by atoms with Gasteiger partial charge in [0.25, 0.3) is 0 Å². The Morgan fingerprint density at radius 2 is 1.23 bits per heavy atom. The van der Waals surface area contributed by atoms with Gasteiger partial charge in [0.1, 0.15) is 11.4 Å². The molecule has 130 valence electrons. The molecule has 2 atom stereocenters. The molecule has 0 N–H and O–H groups in total. The van der Waals surface area contributed by atoms with E-state index in [1.807, 2.05) is 0 Å². The molecule has 0 spiro atoms. The molecule has 0 unspecified atom stereocenters. The molecule has 0 radical (unpaired) electrons. The van der Waals surface area contributed by atoms with E-state index in [1.165, 1.54) is 33.4 Å². The average molecular weight is 405 g/mol. The molecule has 3 aliphatic carbocycles. The zero-order valence-electron chi connectivity index (χ0n) is 15.2. The van der Waals surface area contributed by atoms with Crippen molar-refractivity contribution in [3.8, 4) is 5.75 Å². The van der Waals surface area contributed by atoms with Crippen molar-refractivity contribution < 1.29 is 4.74 Å². The summed E-state index contributed by atoms with van der Waals surface area (Å²) in [4.78, 5) is 0. The van der Waals surface area contributed by atoms with Crippen LogP contribution >= 0.6 is 15.9 Å². The minimum atomic E-state index is -0.192. The molecule has 2 bridgehead atoms. The van der Waals surface area contributed by atoms with Crippen LogP contribution in [0, 0.1) is 0 Å². The second kappa shape index (κ2) is 5.47. The first-order valence-corrected chi connectivity index (χ1v) is 9.93. The third kappa shape index (κ3) is 2.35. The normalized spacial score (nSPS) is 19.5. The monoisotopic (exact) mass is 404 g/mol. The van der Waals surface area contributed by atoms with Crippen LogP contribution in [0.4, 0.5) is 0 Å². The number of ether oxygens (including phenoxy) is 1. The highest BCUT2D eigenvalue weighted by Crippen LogP contribution is 2.56. The Balaban J connectivity index is 1.74. The molecule has 6 rings (SSSR count). The fourth-order valence-electron chi connectivity index (χ4n) is 4.58. The van der Waals surface area contributed by atoms with Crippen molar-refractivity contribution >= 4 is 15.9 Å². The highest BCUT2D eigenvalue weighted by molar-refractivity contribution is 9.10. The van der Waals surface area contributed by atoms with Gasteiger partial charge in [-0.2, -0.15) is 0 Å². The van der Waals surface area contributed by atoms with Crippen LogP contribution in [0.3, 0.4) is 0 Å². The van der Waals surface area contributed by atoms with E-state index in [0.717, 1.165) is 10.2 Å². The van der Waals surface area contributed by atoms with E-state index in [0.29, 0.717) is 5.92 Å². The first-order chi connectivity index (χ1) is 12.4. The van der Waals surface area contributed by atoms with Crippen LogP contribution in [0.2, 0.25) is 0 Å². The Labute approximate surface area is 163 Å². The zero-order valence-corrected chi connectivity index (χ0v) is 16.8. The standard InChI is InChI=1S/C24H21BrO/c1-24(2,3)26-15-9-11-19-21(13-15)23-17-7-5-4-6-16(17)22(19)20-12-14(25)8-10-18(20)23/h4-13,22-23H,1-3H3/t22-,23-/m1/s1. The first kappa shape index (κ1) is 16.1. The SMILES string of the molecule is CC(C)(C)Oc1ccc2c(c1)[C@@H]1c3ccccc3[C@H]2c2cc(Br)ccc21. The van der Waals surface area contributed by atoms with Crippen LogP contribution in [0.25, 0.3) is 0 Å². The van der Waals surface area contributed by atoms with Gasteiger partial charge in [0.15, 0.2) is 0 Å². The fourth-order valence-corrected chi connectivity index (χ4v) is 4.96. The molecule has 0 amide bonds. The second-order valence-electron chi connectivity index (χ2n) is 8.27. The molecule has 3 aliphatic rings. The van der Waals surface area contributed by atoms with Gasteiger partial charge < -0.3 is 4.74 Å². The summed E-state index contributed by atoms with van der Waals surface area (Å²) in [6, 6.07) is 22.3. The Morgan fingerprint density at radius 1 is 0.692 bits per heavy atom. The molecular formula is C24H21BrO. The lowest BCUT2D eigenvalue weighted by Gasteiger charge is -2.42. The van der Waals surface area contributed by atoms with Gasteiger partial charge in [-0.25, -0.2) is 0 Å². The zero-order chi connectivity index (χ0) is 18.1. The van der Waals surface area contributed by atoms with Crippen molar-refractivity contribution in [2.45, 2.75) is 38.2 Å². The van der Waals surface area contributed by atoms with Gasteiger partial charge in [0.05, 0.1) is 0 Å². The lowest BCUT2D eigenvalue weighted by molar-refractivity contribution is 0.130. The van der Waals surface area contributed by atoms with Crippen LogP contribution in [-0.2, 0) is 0 Å². The Hall–Kier alpha value is -2.06. The second-order valence-corrected chi connectivity index (χ2v) is 9.19. The molecule has 1 nitrogen and oxygen atoms in total. The molecule has 0 saturated carbocycles.